The third kappa shape index (κ3) is 3.66. The van der Waals surface area contributed by atoms with Gasteiger partial charge < -0.3 is 10.0 Å². The first-order valence-electron chi connectivity index (χ1n) is 5.75. The molecule has 4 nitrogen and oxygen atoms in total. The molecule has 1 amide bonds. The molecular weight excluding hydrogens is 262 g/mol. The van der Waals surface area contributed by atoms with Gasteiger partial charge in [0.1, 0.15) is 6.54 Å². The van der Waals surface area contributed by atoms with Crippen molar-refractivity contribution < 1.29 is 14.7 Å². The van der Waals surface area contributed by atoms with E-state index in [-0.39, 0.29) is 18.9 Å². The van der Waals surface area contributed by atoms with E-state index in [1.54, 1.807) is 24.3 Å². The zero-order valence-corrected chi connectivity index (χ0v) is 11.0. The first kappa shape index (κ1) is 13.3. The third-order valence-electron chi connectivity index (χ3n) is 2.60. The minimum atomic E-state index is -1.03. The molecule has 0 aliphatic heterocycles. The molecule has 0 saturated heterocycles. The Labute approximate surface area is 114 Å². The number of rotatable bonds is 5. The molecular formula is C14H13NO3S. The standard InChI is InChI=1S/C14H13NO3S/c16-13(8-11-6-7-19-10-11)15(9-14(17)18)12-4-2-1-3-5-12/h1-7,10H,8-9H2,(H,17,18). The average molecular weight is 275 g/mol. The fourth-order valence-corrected chi connectivity index (χ4v) is 2.40. The summed E-state index contributed by atoms with van der Waals surface area (Å²) >= 11 is 1.52. The molecule has 1 heterocycles. The fourth-order valence-electron chi connectivity index (χ4n) is 1.73. The highest BCUT2D eigenvalue weighted by molar-refractivity contribution is 7.08. The maximum absolute atomic E-state index is 12.2. The second-order valence-electron chi connectivity index (χ2n) is 4.02. The zero-order chi connectivity index (χ0) is 13.7. The van der Waals surface area contributed by atoms with E-state index in [4.69, 9.17) is 5.11 Å². The van der Waals surface area contributed by atoms with Crippen LogP contribution in [0.4, 0.5) is 5.69 Å². The van der Waals surface area contributed by atoms with Crippen LogP contribution in [-0.4, -0.2) is 23.5 Å². The number of hydrogen-bond donors (Lipinski definition) is 1. The smallest absolute Gasteiger partial charge is 0.323 e. The van der Waals surface area contributed by atoms with E-state index in [0.29, 0.717) is 5.69 Å². The van der Waals surface area contributed by atoms with Crippen LogP contribution in [0.3, 0.4) is 0 Å². The lowest BCUT2D eigenvalue weighted by molar-refractivity contribution is -0.136. The van der Waals surface area contributed by atoms with Crippen molar-refractivity contribution >= 4 is 28.9 Å². The van der Waals surface area contributed by atoms with Crippen molar-refractivity contribution in [3.05, 3.63) is 52.7 Å². The van der Waals surface area contributed by atoms with E-state index in [1.165, 1.54) is 16.2 Å². The van der Waals surface area contributed by atoms with Gasteiger partial charge >= 0.3 is 5.97 Å². The summed E-state index contributed by atoms with van der Waals surface area (Å²) in [7, 11) is 0. The highest BCUT2D eigenvalue weighted by atomic mass is 32.1. The summed E-state index contributed by atoms with van der Waals surface area (Å²) in [4.78, 5) is 24.4. The summed E-state index contributed by atoms with van der Waals surface area (Å²) in [5.41, 5.74) is 1.51. The van der Waals surface area contributed by atoms with Crippen LogP contribution in [0.25, 0.3) is 0 Å². The van der Waals surface area contributed by atoms with Gasteiger partial charge in [-0.3, -0.25) is 9.59 Å². The predicted octanol–water partition coefficient (Wildman–Crippen LogP) is 2.41. The summed E-state index contributed by atoms with van der Waals surface area (Å²) in [5.74, 6) is -1.24. The van der Waals surface area contributed by atoms with Gasteiger partial charge in [0.15, 0.2) is 0 Å². The van der Waals surface area contributed by atoms with Crippen molar-refractivity contribution in [2.75, 3.05) is 11.4 Å². The van der Waals surface area contributed by atoms with E-state index < -0.39 is 5.97 Å². The van der Waals surface area contributed by atoms with E-state index in [2.05, 4.69) is 0 Å². The molecule has 0 atom stereocenters. The molecule has 0 unspecified atom stereocenters. The molecule has 5 heteroatoms. The Morgan fingerprint density at radius 1 is 1.16 bits per heavy atom. The minimum Gasteiger partial charge on any atom is -0.480 e. The van der Waals surface area contributed by atoms with Crippen molar-refractivity contribution in [3.8, 4) is 0 Å². The third-order valence-corrected chi connectivity index (χ3v) is 3.33. The Morgan fingerprint density at radius 3 is 2.47 bits per heavy atom. The summed E-state index contributed by atoms with van der Waals surface area (Å²) in [6, 6.07) is 10.7. The van der Waals surface area contributed by atoms with Gasteiger partial charge in [0.05, 0.1) is 6.42 Å². The number of thiophene rings is 1. The van der Waals surface area contributed by atoms with Crippen molar-refractivity contribution in [1.29, 1.82) is 0 Å². The van der Waals surface area contributed by atoms with Gasteiger partial charge in [0.25, 0.3) is 0 Å². The molecule has 1 aromatic heterocycles. The normalized spacial score (nSPS) is 10.1. The molecule has 0 saturated carbocycles. The molecule has 98 valence electrons. The molecule has 0 fully saturated rings. The predicted molar refractivity (Wildman–Crippen MR) is 74.5 cm³/mol. The van der Waals surface area contributed by atoms with E-state index in [0.717, 1.165) is 5.56 Å². The first-order chi connectivity index (χ1) is 9.16. The number of benzene rings is 1. The van der Waals surface area contributed by atoms with Gasteiger partial charge in [-0.15, -0.1) is 0 Å². The van der Waals surface area contributed by atoms with Crippen LogP contribution < -0.4 is 4.90 Å². The van der Waals surface area contributed by atoms with Gasteiger partial charge in [-0.25, -0.2) is 0 Å². The number of amides is 1. The van der Waals surface area contributed by atoms with Crippen LogP contribution in [0.15, 0.2) is 47.2 Å². The molecule has 0 radical (unpaired) electrons. The van der Waals surface area contributed by atoms with Gasteiger partial charge in [-0.2, -0.15) is 11.3 Å². The van der Waals surface area contributed by atoms with Gasteiger partial charge in [0, 0.05) is 5.69 Å². The molecule has 19 heavy (non-hydrogen) atoms. The van der Waals surface area contributed by atoms with Crippen LogP contribution in [-0.2, 0) is 16.0 Å². The Bertz CT molecular complexity index is 551. The molecule has 0 bridgehead atoms. The zero-order valence-electron chi connectivity index (χ0n) is 10.2. The lowest BCUT2D eigenvalue weighted by Crippen LogP contribution is -2.36. The van der Waals surface area contributed by atoms with Crippen LogP contribution in [0.1, 0.15) is 5.56 Å². The molecule has 0 aliphatic carbocycles. The number of hydrogen-bond acceptors (Lipinski definition) is 3. The Hall–Kier alpha value is -2.14. The van der Waals surface area contributed by atoms with Crippen LogP contribution in [0.2, 0.25) is 0 Å². The average Bonchev–Trinajstić information content (AvgIpc) is 2.89. The number of nitrogens with zero attached hydrogens (tertiary/aromatic N) is 1. The van der Waals surface area contributed by atoms with Gasteiger partial charge in [-0.05, 0) is 34.5 Å². The maximum atomic E-state index is 12.2. The van der Waals surface area contributed by atoms with Gasteiger partial charge in [0.2, 0.25) is 5.91 Å². The fraction of sp³-hybridized carbons (Fsp3) is 0.143. The lowest BCUT2D eigenvalue weighted by atomic mass is 10.2. The molecule has 0 aliphatic rings. The summed E-state index contributed by atoms with van der Waals surface area (Å²) in [6.45, 7) is -0.326. The second-order valence-corrected chi connectivity index (χ2v) is 4.80. The molecule has 0 spiro atoms. The summed E-state index contributed by atoms with van der Waals surface area (Å²) in [5, 5.41) is 12.7. The maximum Gasteiger partial charge on any atom is 0.323 e. The molecule has 1 aromatic carbocycles. The Kier molecular flexibility index (Phi) is 4.30. The number of anilines is 1. The van der Waals surface area contributed by atoms with Crippen molar-refractivity contribution in [2.24, 2.45) is 0 Å². The first-order valence-corrected chi connectivity index (χ1v) is 6.69. The Balaban J connectivity index is 2.18. The number of carbonyl (C=O) groups excluding carboxylic acids is 1. The quantitative estimate of drug-likeness (QED) is 0.911. The summed E-state index contributed by atoms with van der Waals surface area (Å²) in [6.07, 6.45) is 0.214. The van der Waals surface area contributed by atoms with Crippen LogP contribution >= 0.6 is 11.3 Å². The minimum absolute atomic E-state index is 0.214. The molecule has 1 N–H and O–H groups in total. The second kappa shape index (κ2) is 6.15. The number of carboxylic acids is 1. The summed E-state index contributed by atoms with van der Waals surface area (Å²) < 4.78 is 0. The van der Waals surface area contributed by atoms with Crippen molar-refractivity contribution in [2.45, 2.75) is 6.42 Å². The van der Waals surface area contributed by atoms with Crippen molar-refractivity contribution in [1.82, 2.24) is 0 Å². The SMILES string of the molecule is O=C(O)CN(C(=O)Cc1ccsc1)c1ccccc1. The molecule has 2 rings (SSSR count). The Morgan fingerprint density at radius 2 is 1.89 bits per heavy atom. The van der Waals surface area contributed by atoms with Crippen LogP contribution in [0, 0.1) is 0 Å². The highest BCUT2D eigenvalue weighted by Gasteiger charge is 2.18. The van der Waals surface area contributed by atoms with E-state index in [1.807, 2.05) is 22.9 Å². The topological polar surface area (TPSA) is 57.6 Å². The van der Waals surface area contributed by atoms with Gasteiger partial charge in [-0.1, -0.05) is 18.2 Å². The molecule has 2 aromatic rings. The number of carbonyl (C=O) groups is 2. The highest BCUT2D eigenvalue weighted by Crippen LogP contribution is 2.16. The van der Waals surface area contributed by atoms with E-state index >= 15 is 0 Å². The van der Waals surface area contributed by atoms with E-state index in [9.17, 15) is 9.59 Å². The number of para-hydroxylation sites is 1. The largest absolute Gasteiger partial charge is 0.480 e. The van der Waals surface area contributed by atoms with Crippen LogP contribution in [0.5, 0.6) is 0 Å². The monoisotopic (exact) mass is 275 g/mol. The lowest BCUT2D eigenvalue weighted by Gasteiger charge is -2.20. The number of carboxylic acid groups (broad SMARTS) is 1. The van der Waals surface area contributed by atoms with Crippen molar-refractivity contribution in [3.63, 3.8) is 0 Å². The number of aliphatic carboxylic acids is 1.